The van der Waals surface area contributed by atoms with Crippen LogP contribution in [0.3, 0.4) is 0 Å². The van der Waals surface area contributed by atoms with E-state index in [4.69, 9.17) is 4.42 Å². The van der Waals surface area contributed by atoms with Gasteiger partial charge in [-0.1, -0.05) is 0 Å². The van der Waals surface area contributed by atoms with E-state index in [2.05, 4.69) is 10.6 Å². The van der Waals surface area contributed by atoms with E-state index in [1.807, 2.05) is 0 Å². The van der Waals surface area contributed by atoms with Crippen molar-refractivity contribution in [2.45, 2.75) is 25.8 Å². The minimum Gasteiger partial charge on any atom is -0.467 e. The molecule has 1 aliphatic rings. The Kier molecular flexibility index (Phi) is 5.36. The molecule has 2 aromatic rings. The van der Waals surface area contributed by atoms with Crippen molar-refractivity contribution in [1.29, 1.82) is 0 Å². The van der Waals surface area contributed by atoms with Gasteiger partial charge in [0.25, 0.3) is 5.91 Å². The van der Waals surface area contributed by atoms with Crippen molar-refractivity contribution in [3.05, 3.63) is 54.0 Å². The molecule has 3 rings (SSSR count). The third-order valence-electron chi connectivity index (χ3n) is 4.27. The van der Waals surface area contributed by atoms with Crippen LogP contribution in [0.1, 0.15) is 41.9 Å². The summed E-state index contributed by atoms with van der Waals surface area (Å²) in [7, 11) is 0. The zero-order valence-electron chi connectivity index (χ0n) is 14.5. The Morgan fingerprint density at radius 3 is 2.62 bits per heavy atom. The molecule has 3 amide bonds. The number of hydrogen-bond donors (Lipinski definition) is 2. The van der Waals surface area contributed by atoms with E-state index < -0.39 is 0 Å². The van der Waals surface area contributed by atoms with Crippen LogP contribution in [-0.4, -0.2) is 30.8 Å². The Balaban J connectivity index is 1.50. The minimum atomic E-state index is -0.342. The normalized spacial score (nSPS) is 15.0. The molecule has 0 aliphatic carbocycles. The van der Waals surface area contributed by atoms with Crippen molar-refractivity contribution in [2.75, 3.05) is 18.0 Å². The highest BCUT2D eigenvalue weighted by Crippen LogP contribution is 2.21. The van der Waals surface area contributed by atoms with Gasteiger partial charge in [-0.05, 0) is 49.7 Å². The second-order valence-corrected chi connectivity index (χ2v) is 6.18. The van der Waals surface area contributed by atoms with E-state index in [1.54, 1.807) is 54.5 Å². The second-order valence-electron chi connectivity index (χ2n) is 6.18. The molecule has 0 radical (unpaired) electrons. The highest BCUT2D eigenvalue weighted by Gasteiger charge is 2.21. The van der Waals surface area contributed by atoms with Gasteiger partial charge in [-0.15, -0.1) is 0 Å². The zero-order chi connectivity index (χ0) is 18.5. The molecule has 2 heterocycles. The average Bonchev–Trinajstić information content (AvgIpc) is 3.31. The van der Waals surface area contributed by atoms with Gasteiger partial charge in [-0.3, -0.25) is 14.4 Å². The number of furan rings is 1. The molecule has 1 atom stereocenters. The molecule has 136 valence electrons. The van der Waals surface area contributed by atoms with E-state index in [-0.39, 0.29) is 30.3 Å². The average molecular weight is 355 g/mol. The number of hydrogen-bond acceptors (Lipinski definition) is 4. The van der Waals surface area contributed by atoms with Gasteiger partial charge < -0.3 is 20.0 Å². The Hall–Kier alpha value is -3.09. The molecule has 2 N–H and O–H groups in total. The molecule has 0 unspecified atom stereocenters. The van der Waals surface area contributed by atoms with Crippen molar-refractivity contribution < 1.29 is 18.8 Å². The SMILES string of the molecule is C[C@@H](NC(=O)CNC(=O)c1ccc(N2CCCC2=O)cc1)c1ccco1. The van der Waals surface area contributed by atoms with Gasteiger partial charge in [0, 0.05) is 24.2 Å². The number of nitrogens with one attached hydrogen (secondary N) is 2. The van der Waals surface area contributed by atoms with E-state index >= 15 is 0 Å². The third kappa shape index (κ3) is 4.11. The molecular formula is C19H21N3O4. The van der Waals surface area contributed by atoms with Crippen LogP contribution in [0.5, 0.6) is 0 Å². The fourth-order valence-corrected chi connectivity index (χ4v) is 2.88. The van der Waals surface area contributed by atoms with Crippen molar-refractivity contribution in [1.82, 2.24) is 10.6 Å². The Morgan fingerprint density at radius 2 is 2.00 bits per heavy atom. The lowest BCUT2D eigenvalue weighted by Gasteiger charge is -2.16. The van der Waals surface area contributed by atoms with Crippen LogP contribution in [0.2, 0.25) is 0 Å². The highest BCUT2D eigenvalue weighted by molar-refractivity contribution is 5.98. The topological polar surface area (TPSA) is 91.7 Å². The lowest BCUT2D eigenvalue weighted by molar-refractivity contribution is -0.121. The van der Waals surface area contributed by atoms with Gasteiger partial charge in [0.15, 0.2) is 0 Å². The van der Waals surface area contributed by atoms with Crippen LogP contribution >= 0.6 is 0 Å². The monoisotopic (exact) mass is 355 g/mol. The number of carbonyl (C=O) groups excluding carboxylic acids is 3. The smallest absolute Gasteiger partial charge is 0.251 e. The van der Waals surface area contributed by atoms with Crippen molar-refractivity contribution in [3.8, 4) is 0 Å². The summed E-state index contributed by atoms with van der Waals surface area (Å²) in [6, 6.07) is 10.1. The first-order valence-corrected chi connectivity index (χ1v) is 8.56. The maximum Gasteiger partial charge on any atom is 0.251 e. The number of nitrogens with zero attached hydrogens (tertiary/aromatic N) is 1. The first kappa shape index (κ1) is 17.7. The van der Waals surface area contributed by atoms with Gasteiger partial charge in [-0.2, -0.15) is 0 Å². The molecule has 7 nitrogen and oxygen atoms in total. The molecule has 1 aromatic heterocycles. The Bertz CT molecular complexity index is 784. The van der Waals surface area contributed by atoms with Gasteiger partial charge in [0.05, 0.1) is 18.8 Å². The summed E-state index contributed by atoms with van der Waals surface area (Å²) in [6.07, 6.45) is 2.96. The first-order chi connectivity index (χ1) is 12.5. The number of carbonyl (C=O) groups is 3. The van der Waals surface area contributed by atoms with E-state index in [9.17, 15) is 14.4 Å². The molecule has 0 saturated carbocycles. The van der Waals surface area contributed by atoms with Crippen LogP contribution in [0, 0.1) is 0 Å². The quantitative estimate of drug-likeness (QED) is 0.829. The fourth-order valence-electron chi connectivity index (χ4n) is 2.88. The van der Waals surface area contributed by atoms with Crippen LogP contribution in [0.25, 0.3) is 0 Å². The van der Waals surface area contributed by atoms with E-state index in [0.717, 1.165) is 12.1 Å². The largest absolute Gasteiger partial charge is 0.467 e. The van der Waals surface area contributed by atoms with Crippen molar-refractivity contribution >= 4 is 23.4 Å². The first-order valence-electron chi connectivity index (χ1n) is 8.56. The van der Waals surface area contributed by atoms with Gasteiger partial charge >= 0.3 is 0 Å². The molecule has 7 heteroatoms. The highest BCUT2D eigenvalue weighted by atomic mass is 16.3. The van der Waals surface area contributed by atoms with Crippen LogP contribution in [-0.2, 0) is 9.59 Å². The van der Waals surface area contributed by atoms with Crippen LogP contribution in [0.15, 0.2) is 47.1 Å². The second kappa shape index (κ2) is 7.86. The Labute approximate surface area is 151 Å². The minimum absolute atomic E-state index is 0.101. The molecule has 1 saturated heterocycles. The van der Waals surface area contributed by atoms with Gasteiger partial charge in [-0.25, -0.2) is 0 Å². The predicted octanol–water partition coefficient (Wildman–Crippen LogP) is 2.01. The van der Waals surface area contributed by atoms with Gasteiger partial charge in [0.1, 0.15) is 5.76 Å². The lowest BCUT2D eigenvalue weighted by Crippen LogP contribution is -2.37. The molecule has 0 spiro atoms. The summed E-state index contributed by atoms with van der Waals surface area (Å²) in [5.41, 5.74) is 1.22. The standard InChI is InChI=1S/C19H21N3O4/c1-13(16-4-3-11-26-16)21-17(23)12-20-19(25)14-6-8-15(9-7-14)22-10-2-5-18(22)24/h3-4,6-9,11,13H,2,5,10,12H2,1H3,(H,20,25)(H,21,23)/t13-/m1/s1. The van der Waals surface area contributed by atoms with Gasteiger partial charge in [0.2, 0.25) is 11.8 Å². The van der Waals surface area contributed by atoms with Crippen molar-refractivity contribution in [2.24, 2.45) is 0 Å². The zero-order valence-corrected chi connectivity index (χ0v) is 14.5. The summed E-state index contributed by atoms with van der Waals surface area (Å²) in [6.45, 7) is 2.38. The lowest BCUT2D eigenvalue weighted by atomic mass is 10.2. The summed E-state index contributed by atoms with van der Waals surface area (Å²) < 4.78 is 5.22. The number of anilines is 1. The van der Waals surface area contributed by atoms with E-state index in [0.29, 0.717) is 24.3 Å². The maximum atomic E-state index is 12.2. The third-order valence-corrected chi connectivity index (χ3v) is 4.27. The Morgan fingerprint density at radius 1 is 1.23 bits per heavy atom. The summed E-state index contributed by atoms with van der Waals surface area (Å²) in [5, 5.41) is 5.33. The molecule has 26 heavy (non-hydrogen) atoms. The number of amides is 3. The molecule has 1 aromatic carbocycles. The van der Waals surface area contributed by atoms with Crippen LogP contribution in [0.4, 0.5) is 5.69 Å². The predicted molar refractivity (Wildman–Crippen MR) is 95.6 cm³/mol. The molecular weight excluding hydrogens is 334 g/mol. The van der Waals surface area contributed by atoms with Crippen LogP contribution < -0.4 is 15.5 Å². The molecule has 1 fully saturated rings. The summed E-state index contributed by atoms with van der Waals surface area (Å²) in [5.74, 6) is 0.105. The van der Waals surface area contributed by atoms with Crippen molar-refractivity contribution in [3.63, 3.8) is 0 Å². The summed E-state index contributed by atoms with van der Waals surface area (Å²) in [4.78, 5) is 37.6. The maximum absolute atomic E-state index is 12.2. The van der Waals surface area contributed by atoms with E-state index in [1.165, 1.54) is 0 Å². The molecule has 1 aliphatic heterocycles. The number of benzene rings is 1. The molecule has 0 bridgehead atoms. The number of rotatable bonds is 6. The fraction of sp³-hybridized carbons (Fsp3) is 0.316. The summed E-state index contributed by atoms with van der Waals surface area (Å²) >= 11 is 0.